The fourth-order valence-electron chi connectivity index (χ4n) is 1.82. The molecule has 0 fully saturated rings. The Morgan fingerprint density at radius 1 is 1.50 bits per heavy atom. The Hall–Kier alpha value is -0.870. The highest BCUT2D eigenvalue weighted by Gasteiger charge is 2.15. The summed E-state index contributed by atoms with van der Waals surface area (Å²) in [5.41, 5.74) is 1.34. The summed E-state index contributed by atoms with van der Waals surface area (Å²) in [4.78, 5) is 0. The van der Waals surface area contributed by atoms with E-state index in [1.54, 1.807) is 11.3 Å². The normalized spacial score (nSPS) is 12.9. The van der Waals surface area contributed by atoms with Crippen LogP contribution in [0.2, 0.25) is 5.28 Å². The second kappa shape index (κ2) is 4.97. The van der Waals surface area contributed by atoms with Gasteiger partial charge >= 0.3 is 0 Å². The van der Waals surface area contributed by atoms with E-state index in [1.165, 1.54) is 5.56 Å². The van der Waals surface area contributed by atoms with Gasteiger partial charge in [-0.3, -0.25) is 4.57 Å². The third kappa shape index (κ3) is 2.28. The summed E-state index contributed by atoms with van der Waals surface area (Å²) in [6, 6.07) is 2.44. The van der Waals surface area contributed by atoms with E-state index in [0.717, 1.165) is 18.7 Å². The minimum absolute atomic E-state index is 0.298. The number of rotatable bonds is 4. The second-order valence-electron chi connectivity index (χ2n) is 3.79. The third-order valence-corrected chi connectivity index (χ3v) is 3.58. The summed E-state index contributed by atoms with van der Waals surface area (Å²) in [6.07, 6.45) is 1.82. The molecule has 86 valence electrons. The van der Waals surface area contributed by atoms with Gasteiger partial charge in [-0.2, -0.15) is 11.3 Å². The lowest BCUT2D eigenvalue weighted by molar-refractivity contribution is 0.523. The first-order chi connectivity index (χ1) is 7.72. The van der Waals surface area contributed by atoms with Crippen LogP contribution in [-0.4, -0.2) is 14.8 Å². The van der Waals surface area contributed by atoms with Crippen LogP contribution >= 0.6 is 22.9 Å². The van der Waals surface area contributed by atoms with Gasteiger partial charge in [0.2, 0.25) is 5.28 Å². The molecular weight excluding hydrogens is 242 g/mol. The first-order valence-corrected chi connectivity index (χ1v) is 6.64. The highest BCUT2D eigenvalue weighted by atomic mass is 35.5. The van der Waals surface area contributed by atoms with Gasteiger partial charge in [0, 0.05) is 12.5 Å². The number of halogens is 1. The number of aromatic nitrogens is 3. The Balaban J connectivity index is 2.20. The zero-order chi connectivity index (χ0) is 11.5. The molecule has 5 heteroatoms. The Kier molecular flexibility index (Phi) is 3.61. The van der Waals surface area contributed by atoms with Crippen LogP contribution in [0.15, 0.2) is 16.8 Å². The summed E-state index contributed by atoms with van der Waals surface area (Å²) in [6.45, 7) is 4.21. The van der Waals surface area contributed by atoms with Crippen molar-refractivity contribution < 1.29 is 0 Å². The van der Waals surface area contributed by atoms with Gasteiger partial charge < -0.3 is 0 Å². The number of aryl methyl sites for hydroxylation is 1. The molecule has 0 radical (unpaired) electrons. The molecule has 0 amide bonds. The zero-order valence-corrected chi connectivity index (χ0v) is 10.9. The summed E-state index contributed by atoms with van der Waals surface area (Å²) in [5, 5.41) is 12.7. The average molecular weight is 256 g/mol. The van der Waals surface area contributed by atoms with Crippen molar-refractivity contribution in [2.75, 3.05) is 0 Å². The fraction of sp³-hybridized carbons (Fsp3) is 0.455. The van der Waals surface area contributed by atoms with E-state index in [4.69, 9.17) is 11.6 Å². The van der Waals surface area contributed by atoms with E-state index in [0.29, 0.717) is 11.3 Å². The maximum atomic E-state index is 6.05. The van der Waals surface area contributed by atoms with Gasteiger partial charge in [0.1, 0.15) is 5.82 Å². The Bertz CT molecular complexity index is 450. The molecule has 0 aromatic carbocycles. The Morgan fingerprint density at radius 2 is 2.31 bits per heavy atom. The average Bonchev–Trinajstić information content (AvgIpc) is 2.87. The van der Waals surface area contributed by atoms with Gasteiger partial charge in [-0.05, 0) is 47.3 Å². The van der Waals surface area contributed by atoms with E-state index < -0.39 is 0 Å². The van der Waals surface area contributed by atoms with Crippen molar-refractivity contribution in [2.24, 2.45) is 0 Å². The van der Waals surface area contributed by atoms with Crippen LogP contribution in [-0.2, 0) is 12.8 Å². The molecule has 0 bridgehead atoms. The lowest BCUT2D eigenvalue weighted by Crippen LogP contribution is -2.11. The lowest BCUT2D eigenvalue weighted by Gasteiger charge is -2.15. The van der Waals surface area contributed by atoms with Gasteiger partial charge in [0.25, 0.3) is 0 Å². The van der Waals surface area contributed by atoms with Crippen molar-refractivity contribution in [2.45, 2.75) is 32.7 Å². The Labute approximate surface area is 104 Å². The molecule has 2 aromatic rings. The monoisotopic (exact) mass is 255 g/mol. The van der Waals surface area contributed by atoms with Crippen molar-refractivity contribution in [1.29, 1.82) is 0 Å². The highest BCUT2D eigenvalue weighted by Crippen LogP contribution is 2.21. The number of thiophene rings is 1. The molecule has 16 heavy (non-hydrogen) atoms. The molecule has 3 nitrogen and oxygen atoms in total. The van der Waals surface area contributed by atoms with Crippen LogP contribution in [0.5, 0.6) is 0 Å². The fourth-order valence-corrected chi connectivity index (χ4v) is 2.80. The van der Waals surface area contributed by atoms with Crippen molar-refractivity contribution in [3.63, 3.8) is 0 Å². The van der Waals surface area contributed by atoms with Crippen LogP contribution in [0, 0.1) is 0 Å². The predicted molar refractivity (Wildman–Crippen MR) is 67.1 cm³/mol. The van der Waals surface area contributed by atoms with E-state index in [1.807, 2.05) is 4.57 Å². The summed E-state index contributed by atoms with van der Waals surface area (Å²) >= 11 is 7.77. The minimum atomic E-state index is 0.298. The third-order valence-electron chi connectivity index (χ3n) is 2.59. The maximum Gasteiger partial charge on any atom is 0.225 e. The van der Waals surface area contributed by atoms with Crippen LogP contribution in [0.4, 0.5) is 0 Å². The van der Waals surface area contributed by atoms with Gasteiger partial charge in [0.15, 0.2) is 0 Å². The van der Waals surface area contributed by atoms with E-state index in [9.17, 15) is 0 Å². The van der Waals surface area contributed by atoms with Crippen molar-refractivity contribution in [1.82, 2.24) is 14.8 Å². The molecule has 2 rings (SSSR count). The van der Waals surface area contributed by atoms with Gasteiger partial charge in [-0.15, -0.1) is 10.2 Å². The van der Waals surface area contributed by atoms with Gasteiger partial charge in [-0.25, -0.2) is 0 Å². The number of nitrogens with zero attached hydrogens (tertiary/aromatic N) is 3. The molecule has 1 atom stereocenters. The molecule has 2 aromatic heterocycles. The predicted octanol–water partition coefficient (Wildman–Crippen LogP) is 3.36. The Morgan fingerprint density at radius 3 is 2.94 bits per heavy atom. The minimum Gasteiger partial charge on any atom is -0.299 e. The molecule has 1 unspecified atom stereocenters. The maximum absolute atomic E-state index is 6.05. The smallest absolute Gasteiger partial charge is 0.225 e. The molecule has 0 spiro atoms. The molecule has 0 saturated carbocycles. The molecule has 0 aliphatic heterocycles. The number of hydrogen-bond donors (Lipinski definition) is 0. The topological polar surface area (TPSA) is 30.7 Å². The van der Waals surface area contributed by atoms with E-state index >= 15 is 0 Å². The quantitative estimate of drug-likeness (QED) is 0.839. The molecule has 2 heterocycles. The molecule has 0 saturated heterocycles. The standard InChI is InChI=1S/C11H14ClN3S/c1-3-10-13-14-11(12)15(10)8(2)6-9-4-5-16-7-9/h4-5,7-8H,3,6H2,1-2H3. The summed E-state index contributed by atoms with van der Waals surface area (Å²) < 4.78 is 2.01. The largest absolute Gasteiger partial charge is 0.299 e. The van der Waals surface area contributed by atoms with Crippen molar-refractivity contribution >= 4 is 22.9 Å². The van der Waals surface area contributed by atoms with E-state index in [2.05, 4.69) is 40.9 Å². The number of hydrogen-bond acceptors (Lipinski definition) is 3. The van der Waals surface area contributed by atoms with Gasteiger partial charge in [0.05, 0.1) is 0 Å². The van der Waals surface area contributed by atoms with Crippen LogP contribution in [0.1, 0.15) is 31.3 Å². The van der Waals surface area contributed by atoms with Crippen LogP contribution in [0.25, 0.3) is 0 Å². The van der Waals surface area contributed by atoms with Crippen LogP contribution in [0.3, 0.4) is 0 Å². The lowest BCUT2D eigenvalue weighted by atomic mass is 10.1. The van der Waals surface area contributed by atoms with Gasteiger partial charge in [-0.1, -0.05) is 6.92 Å². The molecular formula is C11H14ClN3S. The van der Waals surface area contributed by atoms with Crippen molar-refractivity contribution in [3.05, 3.63) is 33.5 Å². The SMILES string of the molecule is CCc1nnc(Cl)n1C(C)Cc1ccsc1. The van der Waals surface area contributed by atoms with Crippen molar-refractivity contribution in [3.8, 4) is 0 Å². The first kappa shape index (κ1) is 11.6. The first-order valence-electron chi connectivity index (χ1n) is 5.32. The zero-order valence-electron chi connectivity index (χ0n) is 9.35. The summed E-state index contributed by atoms with van der Waals surface area (Å²) in [5.74, 6) is 0.952. The molecule has 0 aliphatic carbocycles. The van der Waals surface area contributed by atoms with Crippen LogP contribution < -0.4 is 0 Å². The molecule has 0 aliphatic rings. The van der Waals surface area contributed by atoms with E-state index in [-0.39, 0.29) is 0 Å². The molecule has 0 N–H and O–H groups in total. The highest BCUT2D eigenvalue weighted by molar-refractivity contribution is 7.07. The summed E-state index contributed by atoms with van der Waals surface area (Å²) in [7, 11) is 0. The second-order valence-corrected chi connectivity index (χ2v) is 4.91.